The zero-order valence-corrected chi connectivity index (χ0v) is 11.6. The van der Waals surface area contributed by atoms with E-state index in [4.69, 9.17) is 0 Å². The van der Waals surface area contributed by atoms with Crippen molar-refractivity contribution in [2.75, 3.05) is 18.0 Å². The van der Waals surface area contributed by atoms with Crippen LogP contribution in [0, 0.1) is 11.8 Å². The smallest absolute Gasteiger partial charge is 0.180 e. The molecule has 17 heavy (non-hydrogen) atoms. The summed E-state index contributed by atoms with van der Waals surface area (Å²) in [6.07, 6.45) is 5.71. The fraction of sp³-hybridized carbons (Fsp3) is 0.500. The van der Waals surface area contributed by atoms with Crippen molar-refractivity contribution in [2.45, 2.75) is 13.8 Å². The summed E-state index contributed by atoms with van der Waals surface area (Å²) in [4.78, 5) is 11.3. The number of rotatable bonds is 1. The number of fused-ring (bicyclic) bond motifs is 1. The zero-order valence-electron chi connectivity index (χ0n) is 9.97. The number of hydrogen-bond acceptors (Lipinski definition) is 3. The van der Waals surface area contributed by atoms with Crippen LogP contribution in [0.1, 0.15) is 13.8 Å². The first-order valence-corrected chi connectivity index (χ1v) is 6.68. The van der Waals surface area contributed by atoms with Crippen LogP contribution in [-0.2, 0) is 0 Å². The maximum atomic E-state index is 4.58. The largest absolute Gasteiger partial charge is 0.353 e. The fourth-order valence-corrected chi connectivity index (χ4v) is 2.79. The normalized spacial score (nSPS) is 24.8. The molecule has 2 aromatic rings. The second-order valence-electron chi connectivity index (χ2n) is 4.90. The molecule has 3 heterocycles. The monoisotopic (exact) mass is 294 g/mol. The third kappa shape index (κ3) is 1.82. The number of halogens is 1. The Morgan fingerprint density at radius 3 is 2.71 bits per heavy atom. The highest BCUT2D eigenvalue weighted by molar-refractivity contribution is 9.10. The molecule has 0 saturated carbocycles. The summed E-state index contributed by atoms with van der Waals surface area (Å²) in [5, 5.41) is 0. The topological polar surface area (TPSA) is 33.4 Å². The number of nitrogens with zero attached hydrogens (tertiary/aromatic N) is 4. The molecule has 1 fully saturated rings. The van der Waals surface area contributed by atoms with Gasteiger partial charge in [-0.15, -0.1) is 0 Å². The zero-order chi connectivity index (χ0) is 12.0. The van der Waals surface area contributed by atoms with Gasteiger partial charge in [0.15, 0.2) is 11.5 Å². The van der Waals surface area contributed by atoms with Gasteiger partial charge in [0.25, 0.3) is 0 Å². The molecule has 5 heteroatoms. The molecule has 0 radical (unpaired) electrons. The molecule has 0 bridgehead atoms. The van der Waals surface area contributed by atoms with Crippen molar-refractivity contribution >= 4 is 27.4 Å². The van der Waals surface area contributed by atoms with Crippen molar-refractivity contribution in [3.63, 3.8) is 0 Å². The molecule has 90 valence electrons. The van der Waals surface area contributed by atoms with E-state index < -0.39 is 0 Å². The second kappa shape index (κ2) is 3.98. The quantitative estimate of drug-likeness (QED) is 0.811. The van der Waals surface area contributed by atoms with Crippen LogP contribution in [0.2, 0.25) is 0 Å². The predicted molar refractivity (Wildman–Crippen MR) is 71.2 cm³/mol. The van der Waals surface area contributed by atoms with Crippen LogP contribution in [0.3, 0.4) is 0 Å². The van der Waals surface area contributed by atoms with Crippen molar-refractivity contribution < 1.29 is 0 Å². The minimum atomic E-state index is 0.714. The Morgan fingerprint density at radius 2 is 2.00 bits per heavy atom. The molecule has 0 spiro atoms. The molecule has 4 nitrogen and oxygen atoms in total. The molecule has 1 aliphatic rings. The van der Waals surface area contributed by atoms with Gasteiger partial charge in [-0.25, -0.2) is 9.97 Å². The van der Waals surface area contributed by atoms with Gasteiger partial charge in [-0.05, 0) is 27.8 Å². The molecule has 2 aromatic heterocycles. The standard InChI is InChI=1S/C12H15BrN4/c1-8-5-17(6-9(8)2)12-11-14-3-4-16(11)7-10(13)15-12/h3-4,7-9H,5-6H2,1-2H3. The van der Waals surface area contributed by atoms with Crippen LogP contribution in [0.5, 0.6) is 0 Å². The lowest BCUT2D eigenvalue weighted by Crippen LogP contribution is -2.21. The summed E-state index contributed by atoms with van der Waals surface area (Å²) in [5.74, 6) is 2.41. The van der Waals surface area contributed by atoms with Crippen LogP contribution >= 0.6 is 15.9 Å². The van der Waals surface area contributed by atoms with Crippen LogP contribution in [-0.4, -0.2) is 27.5 Å². The van der Waals surface area contributed by atoms with Gasteiger partial charge in [-0.3, -0.25) is 0 Å². The molecular formula is C12H15BrN4. The van der Waals surface area contributed by atoms with E-state index in [-0.39, 0.29) is 0 Å². The van der Waals surface area contributed by atoms with Crippen molar-refractivity contribution in [3.8, 4) is 0 Å². The highest BCUT2D eigenvalue weighted by Gasteiger charge is 2.28. The van der Waals surface area contributed by atoms with Crippen LogP contribution in [0.15, 0.2) is 23.2 Å². The Morgan fingerprint density at radius 1 is 1.29 bits per heavy atom. The Hall–Kier alpha value is -1.10. The molecule has 1 saturated heterocycles. The predicted octanol–water partition coefficient (Wildman–Crippen LogP) is 2.58. The highest BCUT2D eigenvalue weighted by Crippen LogP contribution is 2.29. The summed E-state index contributed by atoms with van der Waals surface area (Å²) in [7, 11) is 0. The van der Waals surface area contributed by atoms with Crippen molar-refractivity contribution in [2.24, 2.45) is 11.8 Å². The van der Waals surface area contributed by atoms with Gasteiger partial charge in [0.05, 0.1) is 0 Å². The first-order chi connectivity index (χ1) is 8.15. The maximum Gasteiger partial charge on any atom is 0.180 e. The first-order valence-electron chi connectivity index (χ1n) is 5.89. The molecule has 3 rings (SSSR count). The first kappa shape index (κ1) is 11.0. The van der Waals surface area contributed by atoms with Gasteiger partial charge < -0.3 is 9.30 Å². The van der Waals surface area contributed by atoms with Crippen molar-refractivity contribution in [3.05, 3.63) is 23.2 Å². The SMILES string of the molecule is CC1CN(c2nc(Br)cn3ccnc23)CC1C. The van der Waals surface area contributed by atoms with E-state index in [1.807, 2.05) is 23.0 Å². The van der Waals surface area contributed by atoms with Gasteiger partial charge in [0.1, 0.15) is 4.60 Å². The van der Waals surface area contributed by atoms with Crippen molar-refractivity contribution in [1.82, 2.24) is 14.4 Å². The van der Waals surface area contributed by atoms with E-state index >= 15 is 0 Å². The van der Waals surface area contributed by atoms with Gasteiger partial charge in [0.2, 0.25) is 0 Å². The van der Waals surface area contributed by atoms with Gasteiger partial charge in [-0.2, -0.15) is 0 Å². The Balaban J connectivity index is 2.08. The number of aromatic nitrogens is 3. The molecule has 0 aliphatic carbocycles. The molecule has 0 N–H and O–H groups in total. The third-order valence-electron chi connectivity index (χ3n) is 3.61. The van der Waals surface area contributed by atoms with E-state index in [1.165, 1.54) is 0 Å². The maximum absolute atomic E-state index is 4.58. The summed E-state index contributed by atoms with van der Waals surface area (Å²) in [6, 6.07) is 0. The second-order valence-corrected chi connectivity index (χ2v) is 5.72. The third-order valence-corrected chi connectivity index (χ3v) is 4.00. The summed E-state index contributed by atoms with van der Waals surface area (Å²) in [6.45, 7) is 6.72. The van der Waals surface area contributed by atoms with Gasteiger partial charge >= 0.3 is 0 Å². The lowest BCUT2D eigenvalue weighted by atomic mass is 10.0. The molecule has 0 amide bonds. The molecule has 2 unspecified atom stereocenters. The van der Waals surface area contributed by atoms with E-state index in [0.29, 0.717) is 11.8 Å². The van der Waals surface area contributed by atoms with E-state index in [0.717, 1.165) is 29.2 Å². The number of imidazole rings is 1. The molecule has 0 aromatic carbocycles. The summed E-state index contributed by atoms with van der Waals surface area (Å²) in [5.41, 5.74) is 0.939. The Labute approximate surface area is 109 Å². The number of anilines is 1. The summed E-state index contributed by atoms with van der Waals surface area (Å²) < 4.78 is 2.87. The lowest BCUT2D eigenvalue weighted by Gasteiger charge is -2.17. The minimum absolute atomic E-state index is 0.714. The van der Waals surface area contributed by atoms with Crippen LogP contribution < -0.4 is 4.90 Å². The number of hydrogen-bond donors (Lipinski definition) is 0. The summed E-state index contributed by atoms with van der Waals surface area (Å²) >= 11 is 3.46. The van der Waals surface area contributed by atoms with Crippen LogP contribution in [0.25, 0.3) is 5.65 Å². The highest BCUT2D eigenvalue weighted by atomic mass is 79.9. The van der Waals surface area contributed by atoms with Crippen molar-refractivity contribution in [1.29, 1.82) is 0 Å². The van der Waals surface area contributed by atoms with E-state index in [9.17, 15) is 0 Å². The molecular weight excluding hydrogens is 280 g/mol. The molecule has 2 atom stereocenters. The minimum Gasteiger partial charge on any atom is -0.353 e. The van der Waals surface area contributed by atoms with Crippen LogP contribution in [0.4, 0.5) is 5.82 Å². The van der Waals surface area contributed by atoms with E-state index in [2.05, 4.69) is 44.6 Å². The Kier molecular flexibility index (Phi) is 2.58. The van der Waals surface area contributed by atoms with Gasteiger partial charge in [-0.1, -0.05) is 13.8 Å². The molecule has 1 aliphatic heterocycles. The Bertz CT molecular complexity index is 540. The van der Waals surface area contributed by atoms with Gasteiger partial charge in [0, 0.05) is 31.7 Å². The lowest BCUT2D eigenvalue weighted by molar-refractivity contribution is 0.494. The fourth-order valence-electron chi connectivity index (χ4n) is 2.40. The average molecular weight is 295 g/mol. The average Bonchev–Trinajstić information content (AvgIpc) is 2.85. The van der Waals surface area contributed by atoms with E-state index in [1.54, 1.807) is 0 Å².